The molecule has 73 heavy (non-hydrogen) atoms. The Hall–Kier alpha value is -6.16. The molecule has 2 aliphatic rings. The number of carboxylic acids is 2. The molecule has 10 nitrogen and oxygen atoms in total. The number of phenols is 6. The van der Waals surface area contributed by atoms with E-state index in [1.807, 2.05) is 46.8 Å². The first kappa shape index (κ1) is 61.1. The van der Waals surface area contributed by atoms with E-state index in [4.69, 9.17) is 0 Å². The molecule has 0 spiro atoms. The van der Waals surface area contributed by atoms with Gasteiger partial charge in [-0.05, 0) is 178 Å². The molecular weight excluding hydrogens is 917 g/mol. The Morgan fingerprint density at radius 1 is 0.589 bits per heavy atom. The van der Waals surface area contributed by atoms with E-state index >= 15 is 0 Å². The maximum Gasteiger partial charge on any atom is 0.339 e. The second-order valence-electron chi connectivity index (χ2n) is 20.9. The van der Waals surface area contributed by atoms with Crippen LogP contribution in [-0.4, -0.2) is 52.8 Å². The maximum absolute atomic E-state index is 11.8. The summed E-state index contributed by atoms with van der Waals surface area (Å²) in [5.74, 6) is -2.95. The van der Waals surface area contributed by atoms with Gasteiger partial charge in [-0.1, -0.05) is 124 Å². The first-order valence-electron chi connectivity index (χ1n) is 26.6. The highest BCUT2D eigenvalue weighted by molar-refractivity contribution is 5.94. The van der Waals surface area contributed by atoms with E-state index in [0.29, 0.717) is 47.1 Å². The average molecular weight is 1010 g/mol. The summed E-state index contributed by atoms with van der Waals surface area (Å²) >= 11 is 0. The fraction of sp³-hybridized carbons (Fsp3) is 0.492. The van der Waals surface area contributed by atoms with Gasteiger partial charge in [0.15, 0.2) is 0 Å². The molecule has 0 heterocycles. The van der Waals surface area contributed by atoms with Crippen molar-refractivity contribution in [1.82, 2.24) is 0 Å². The molecule has 0 bridgehead atoms. The van der Waals surface area contributed by atoms with Gasteiger partial charge in [-0.25, -0.2) is 9.59 Å². The van der Waals surface area contributed by atoms with Gasteiger partial charge in [0.2, 0.25) is 0 Å². The minimum absolute atomic E-state index is 0.0267. The lowest BCUT2D eigenvalue weighted by molar-refractivity contribution is 0.0680. The Kier molecular flexibility index (Phi) is 24.7. The zero-order valence-electron chi connectivity index (χ0n) is 45.8. The summed E-state index contributed by atoms with van der Waals surface area (Å²) in [6.45, 7) is 28.5. The van der Waals surface area contributed by atoms with Gasteiger partial charge in [-0.3, -0.25) is 0 Å². The van der Waals surface area contributed by atoms with Crippen LogP contribution in [0.4, 0.5) is 0 Å². The third kappa shape index (κ3) is 17.5. The monoisotopic (exact) mass is 1000 g/mol. The van der Waals surface area contributed by atoms with Crippen LogP contribution in [-0.2, 0) is 25.7 Å². The smallest absolute Gasteiger partial charge is 0.339 e. The number of hydrogen-bond acceptors (Lipinski definition) is 8. The first-order valence-corrected chi connectivity index (χ1v) is 26.6. The number of aromatic hydroxyl groups is 6. The molecule has 0 amide bonds. The summed E-state index contributed by atoms with van der Waals surface area (Å²) in [6.07, 6.45) is 23.6. The van der Waals surface area contributed by atoms with Gasteiger partial charge in [0.05, 0.1) is 0 Å². The third-order valence-electron chi connectivity index (χ3n) is 14.3. The van der Waals surface area contributed by atoms with Crippen molar-refractivity contribution in [2.75, 3.05) is 0 Å². The minimum atomic E-state index is -1.17. The summed E-state index contributed by atoms with van der Waals surface area (Å²) in [6, 6.07) is 6.63. The minimum Gasteiger partial charge on any atom is -0.508 e. The topological polar surface area (TPSA) is 196 Å². The van der Waals surface area contributed by atoms with E-state index in [2.05, 4.69) is 59.9 Å². The SMILES string of the molecule is C=C(C)[C@@H]1CCC(C)=C[C@H]1c1c(O)cc(CCC)c(C(=O)O)c1O.C=C(C)[C@@H]1CCC(C)=C[C@H]1c1c(O)cc(CCCCC)c(C(=O)O)c1O.CCCCCc1cc(O)c(C/C=C(\C)CCC=C(C)C)c(O)c1. The third-order valence-corrected chi connectivity index (χ3v) is 14.3. The number of carboxylic acid groups (broad SMARTS) is 2. The molecule has 3 aromatic carbocycles. The molecule has 400 valence electrons. The number of carbonyl (C=O) groups is 2. The van der Waals surface area contributed by atoms with Crippen LogP contribution in [0.1, 0.15) is 219 Å². The molecule has 4 atom stereocenters. The molecule has 0 aromatic heterocycles. The number of rotatable bonds is 21. The number of hydrogen-bond donors (Lipinski definition) is 8. The second-order valence-corrected chi connectivity index (χ2v) is 20.9. The number of aromatic carboxylic acids is 2. The molecule has 8 N–H and O–H groups in total. The molecule has 2 aliphatic carbocycles. The Balaban J connectivity index is 0.000000290. The van der Waals surface area contributed by atoms with Crippen molar-refractivity contribution in [2.45, 2.75) is 190 Å². The van der Waals surface area contributed by atoms with Crippen molar-refractivity contribution >= 4 is 11.9 Å². The van der Waals surface area contributed by atoms with Crippen LogP contribution < -0.4 is 0 Å². The lowest BCUT2D eigenvalue weighted by Gasteiger charge is -2.32. The number of unbranched alkanes of at least 4 members (excludes halogenated alkanes) is 4. The van der Waals surface area contributed by atoms with Gasteiger partial charge in [0.1, 0.15) is 45.6 Å². The number of allylic oxidation sites excluding steroid dienone is 10. The Labute approximate surface area is 437 Å². The molecule has 0 aliphatic heterocycles. The molecular formula is C63H88O10. The predicted molar refractivity (Wildman–Crippen MR) is 298 cm³/mol. The second kappa shape index (κ2) is 29.5. The highest BCUT2D eigenvalue weighted by Crippen LogP contribution is 2.50. The molecule has 0 unspecified atom stereocenters. The van der Waals surface area contributed by atoms with Crippen LogP contribution >= 0.6 is 0 Å². The fourth-order valence-electron chi connectivity index (χ4n) is 10.2. The predicted octanol–water partition coefficient (Wildman–Crippen LogP) is 16.4. The summed E-state index contributed by atoms with van der Waals surface area (Å²) < 4.78 is 0. The molecule has 3 aromatic rings. The average Bonchev–Trinajstić information content (AvgIpc) is 3.29. The van der Waals surface area contributed by atoms with Crippen molar-refractivity contribution in [2.24, 2.45) is 11.8 Å². The molecule has 0 fully saturated rings. The Morgan fingerprint density at radius 2 is 1.03 bits per heavy atom. The highest BCUT2D eigenvalue weighted by atomic mass is 16.4. The summed E-state index contributed by atoms with van der Waals surface area (Å²) in [4.78, 5) is 23.5. The van der Waals surface area contributed by atoms with Gasteiger partial charge in [0.25, 0.3) is 0 Å². The van der Waals surface area contributed by atoms with Crippen molar-refractivity contribution in [1.29, 1.82) is 0 Å². The van der Waals surface area contributed by atoms with E-state index < -0.39 is 11.9 Å². The van der Waals surface area contributed by atoms with Crippen LogP contribution in [0.3, 0.4) is 0 Å². The van der Waals surface area contributed by atoms with E-state index in [1.165, 1.54) is 47.3 Å². The summed E-state index contributed by atoms with van der Waals surface area (Å²) in [5.41, 5.74) is 9.97. The van der Waals surface area contributed by atoms with Crippen LogP contribution in [0, 0.1) is 11.8 Å². The lowest BCUT2D eigenvalue weighted by atomic mass is 9.73. The molecule has 0 saturated heterocycles. The molecule has 0 radical (unpaired) electrons. The van der Waals surface area contributed by atoms with E-state index in [-0.39, 0.29) is 69.3 Å². The van der Waals surface area contributed by atoms with Gasteiger partial charge >= 0.3 is 11.9 Å². The zero-order chi connectivity index (χ0) is 54.7. The van der Waals surface area contributed by atoms with Crippen molar-refractivity contribution in [3.05, 3.63) is 140 Å². The Morgan fingerprint density at radius 3 is 1.42 bits per heavy atom. The molecule has 5 rings (SSSR count). The standard InChI is InChI=1S/C22H30O4.C21H32O2.C20H26O4/c1-5-6-7-8-15-12-18(23)20(21(24)19(15)22(25)26)17-11-14(4)9-10-16(17)13(2)3;1-5-6-7-11-18-14-20(22)19(21(23)15-18)13-12-17(4)10-8-9-16(2)3;1-5-6-13-10-16(21)18(19(22)17(13)20(23)24)15-9-12(4)7-8-14(15)11(2)3/h11-12,16-17,23-24H,2,5-10H2,1,3-4H3,(H,25,26);9,12,14-15,22-23H,5-8,10-11,13H2,1-4H3;9-10,14-15,21-22H,2,5-8H2,1,3-4H3,(H,23,24)/b;17-12+;/t16-,17+;;14-,15+/m0.0/s1. The van der Waals surface area contributed by atoms with Crippen molar-refractivity contribution in [3.63, 3.8) is 0 Å². The Bertz CT molecular complexity index is 2510. The van der Waals surface area contributed by atoms with E-state index in [1.54, 1.807) is 12.1 Å². The van der Waals surface area contributed by atoms with Gasteiger partial charge < -0.3 is 40.9 Å². The van der Waals surface area contributed by atoms with Crippen LogP contribution in [0.5, 0.6) is 34.5 Å². The van der Waals surface area contributed by atoms with Crippen LogP contribution in [0.2, 0.25) is 0 Å². The van der Waals surface area contributed by atoms with Gasteiger partial charge in [-0.15, -0.1) is 0 Å². The van der Waals surface area contributed by atoms with E-state index in [0.717, 1.165) is 93.8 Å². The number of benzene rings is 3. The number of aryl methyl sites for hydroxylation is 3. The van der Waals surface area contributed by atoms with Crippen molar-refractivity contribution in [3.8, 4) is 34.5 Å². The van der Waals surface area contributed by atoms with Crippen molar-refractivity contribution < 1.29 is 50.4 Å². The van der Waals surface area contributed by atoms with Gasteiger partial charge in [-0.2, -0.15) is 0 Å². The van der Waals surface area contributed by atoms with Crippen LogP contribution in [0.15, 0.2) is 95.2 Å². The summed E-state index contributed by atoms with van der Waals surface area (Å²) in [5, 5.41) is 82.3. The van der Waals surface area contributed by atoms with Crippen LogP contribution in [0.25, 0.3) is 0 Å². The number of phenolic OH excluding ortho intramolecular Hbond substituents is 4. The fourth-order valence-corrected chi connectivity index (χ4v) is 10.2. The van der Waals surface area contributed by atoms with Gasteiger partial charge in [0, 0.05) is 28.5 Å². The summed E-state index contributed by atoms with van der Waals surface area (Å²) in [7, 11) is 0. The first-order chi connectivity index (χ1) is 34.5. The maximum atomic E-state index is 11.8. The largest absolute Gasteiger partial charge is 0.508 e. The molecule has 0 saturated carbocycles. The quantitative estimate of drug-likeness (QED) is 0.0376. The zero-order valence-corrected chi connectivity index (χ0v) is 45.8. The lowest BCUT2D eigenvalue weighted by Crippen LogP contribution is -2.18. The normalized spacial score (nSPS) is 17.5. The van der Waals surface area contributed by atoms with E-state index in [9.17, 15) is 50.4 Å². The highest BCUT2D eigenvalue weighted by Gasteiger charge is 2.34. The molecule has 10 heteroatoms.